The van der Waals surface area contributed by atoms with Crippen molar-refractivity contribution in [3.8, 4) is 5.75 Å². The molecule has 0 radical (unpaired) electrons. The molecule has 25 heavy (non-hydrogen) atoms. The third-order valence-corrected chi connectivity index (χ3v) is 6.85. The topological polar surface area (TPSA) is 29.5 Å². The molecule has 0 amide bonds. The summed E-state index contributed by atoms with van der Waals surface area (Å²) in [5.41, 5.74) is 5.74. The maximum Gasteiger partial charge on any atom is 0.166 e. The largest absolute Gasteiger partial charge is 0.497 e. The maximum atomic E-state index is 12.5. The summed E-state index contributed by atoms with van der Waals surface area (Å²) in [5, 5.41) is 0. The predicted octanol–water partition coefficient (Wildman–Crippen LogP) is 5.15. The fourth-order valence-electron chi connectivity index (χ4n) is 3.85. The lowest BCUT2D eigenvalue weighted by atomic mass is 9.88. The van der Waals surface area contributed by atoms with Gasteiger partial charge in [0.25, 0.3) is 0 Å². The van der Waals surface area contributed by atoms with E-state index in [-0.39, 0.29) is 5.78 Å². The smallest absolute Gasteiger partial charge is 0.166 e. The van der Waals surface area contributed by atoms with Crippen molar-refractivity contribution >= 4 is 43.3 Å². The summed E-state index contributed by atoms with van der Waals surface area (Å²) < 4.78 is 7.47. The highest BCUT2D eigenvalue weighted by Gasteiger charge is 2.30. The minimum atomic E-state index is 0.275. The molecule has 2 aromatic carbocycles. The average Bonchev–Trinajstić information content (AvgIpc) is 2.62. The van der Waals surface area contributed by atoms with Gasteiger partial charge < -0.3 is 9.64 Å². The van der Waals surface area contributed by atoms with Crippen LogP contribution in [0, 0.1) is 0 Å². The first-order valence-electron chi connectivity index (χ1n) is 8.53. The number of ketones is 1. The molecule has 0 aliphatic carbocycles. The summed E-state index contributed by atoms with van der Waals surface area (Å²) in [7, 11) is 1.67. The first-order chi connectivity index (χ1) is 12.1. The lowest BCUT2D eigenvalue weighted by Crippen LogP contribution is -2.37. The number of carbonyl (C=O) groups is 1. The van der Waals surface area contributed by atoms with E-state index in [2.05, 4.69) is 48.9 Å². The number of benzene rings is 2. The monoisotopic (exact) mass is 463 g/mol. The first-order valence-corrected chi connectivity index (χ1v) is 10.1. The highest BCUT2D eigenvalue weighted by Crippen LogP contribution is 2.42. The molecule has 130 valence electrons. The fraction of sp³-hybridized carbons (Fsp3) is 0.350. The number of anilines is 1. The van der Waals surface area contributed by atoms with Crippen LogP contribution in [0.4, 0.5) is 5.69 Å². The van der Waals surface area contributed by atoms with E-state index in [0.29, 0.717) is 6.42 Å². The van der Waals surface area contributed by atoms with E-state index >= 15 is 0 Å². The van der Waals surface area contributed by atoms with E-state index in [1.165, 1.54) is 22.4 Å². The predicted molar refractivity (Wildman–Crippen MR) is 107 cm³/mol. The second kappa shape index (κ2) is 6.76. The molecule has 5 heteroatoms. The van der Waals surface area contributed by atoms with Crippen LogP contribution in [-0.2, 0) is 12.8 Å². The van der Waals surface area contributed by atoms with E-state index < -0.39 is 0 Å². The van der Waals surface area contributed by atoms with Crippen LogP contribution in [0.5, 0.6) is 5.75 Å². The molecule has 2 aliphatic rings. The number of rotatable bonds is 3. The Hall–Kier alpha value is -1.33. The summed E-state index contributed by atoms with van der Waals surface area (Å²) in [5.74, 6) is 1.11. The maximum absolute atomic E-state index is 12.5. The number of nitrogens with zero attached hydrogens (tertiary/aromatic N) is 1. The van der Waals surface area contributed by atoms with Gasteiger partial charge in [-0.15, -0.1) is 0 Å². The van der Waals surface area contributed by atoms with Gasteiger partial charge in [0.1, 0.15) is 5.75 Å². The van der Waals surface area contributed by atoms with Crippen LogP contribution in [-0.4, -0.2) is 26.0 Å². The van der Waals surface area contributed by atoms with Crippen molar-refractivity contribution in [2.24, 2.45) is 0 Å². The van der Waals surface area contributed by atoms with Crippen molar-refractivity contribution in [2.75, 3.05) is 25.1 Å². The summed E-state index contributed by atoms with van der Waals surface area (Å²) >= 11 is 7.48. The molecule has 0 unspecified atom stereocenters. The summed E-state index contributed by atoms with van der Waals surface area (Å²) in [6.07, 6.45) is 3.58. The van der Waals surface area contributed by atoms with Gasteiger partial charge in [-0.05, 0) is 54.2 Å². The third kappa shape index (κ3) is 3.02. The molecular formula is C20H19Br2NO2. The summed E-state index contributed by atoms with van der Waals surface area (Å²) in [4.78, 5) is 14.9. The van der Waals surface area contributed by atoms with E-state index in [4.69, 9.17) is 4.74 Å². The molecule has 0 spiro atoms. The molecule has 0 bridgehead atoms. The zero-order valence-corrected chi connectivity index (χ0v) is 17.2. The van der Waals surface area contributed by atoms with Crippen LogP contribution >= 0.6 is 31.9 Å². The second-order valence-electron chi connectivity index (χ2n) is 6.62. The Morgan fingerprint density at radius 3 is 2.72 bits per heavy atom. The molecule has 0 N–H and O–H groups in total. The normalized spacial score (nSPS) is 16.0. The molecule has 3 nitrogen and oxygen atoms in total. The summed E-state index contributed by atoms with van der Waals surface area (Å²) in [6, 6.07) is 8.13. The molecule has 0 aromatic heterocycles. The SMILES string of the molecule is COc1ccc(Cc2cc3c4c(c2Br)CCCN4CCC3=O)c(Br)c1. The number of ether oxygens (including phenoxy) is 1. The van der Waals surface area contributed by atoms with Gasteiger partial charge in [0, 0.05) is 34.0 Å². The van der Waals surface area contributed by atoms with Gasteiger partial charge in [-0.3, -0.25) is 4.79 Å². The van der Waals surface area contributed by atoms with Crippen LogP contribution in [0.1, 0.15) is 39.9 Å². The van der Waals surface area contributed by atoms with Crippen LogP contribution in [0.2, 0.25) is 0 Å². The van der Waals surface area contributed by atoms with Crippen LogP contribution in [0.3, 0.4) is 0 Å². The van der Waals surface area contributed by atoms with Gasteiger partial charge in [0.05, 0.1) is 12.8 Å². The third-order valence-electron chi connectivity index (χ3n) is 5.13. The van der Waals surface area contributed by atoms with E-state index in [1.54, 1.807) is 7.11 Å². The standard InChI is InChI=1S/C20H19Br2NO2/c1-25-14-5-4-12(17(21)11-14)9-13-10-16-18(24)6-8-23-7-2-3-15(19(13)22)20(16)23/h4-5,10-11H,2-3,6-9H2,1H3. The molecule has 2 heterocycles. The van der Waals surface area contributed by atoms with Gasteiger partial charge in [-0.1, -0.05) is 37.9 Å². The molecular weight excluding hydrogens is 446 g/mol. The highest BCUT2D eigenvalue weighted by molar-refractivity contribution is 9.10. The zero-order valence-electron chi connectivity index (χ0n) is 14.1. The number of Topliss-reactive ketones (excluding diaryl/α,β-unsaturated/α-hetero) is 1. The second-order valence-corrected chi connectivity index (χ2v) is 8.27. The average molecular weight is 465 g/mol. The van der Waals surface area contributed by atoms with Gasteiger partial charge in [0.15, 0.2) is 5.78 Å². The van der Waals surface area contributed by atoms with Crippen LogP contribution in [0.15, 0.2) is 33.2 Å². The highest BCUT2D eigenvalue weighted by atomic mass is 79.9. The van der Waals surface area contributed by atoms with Crippen molar-refractivity contribution in [2.45, 2.75) is 25.7 Å². The van der Waals surface area contributed by atoms with Gasteiger partial charge in [0.2, 0.25) is 0 Å². The fourth-order valence-corrected chi connectivity index (χ4v) is 4.99. The number of hydrogen-bond donors (Lipinski definition) is 0. The van der Waals surface area contributed by atoms with Crippen molar-refractivity contribution in [1.29, 1.82) is 0 Å². The minimum absolute atomic E-state index is 0.275. The number of hydrogen-bond acceptors (Lipinski definition) is 3. The Kier molecular flexibility index (Phi) is 4.63. The lowest BCUT2D eigenvalue weighted by Gasteiger charge is -2.37. The quantitative estimate of drug-likeness (QED) is 0.629. The molecule has 2 aliphatic heterocycles. The molecule has 0 saturated carbocycles. The van der Waals surface area contributed by atoms with Gasteiger partial charge >= 0.3 is 0 Å². The van der Waals surface area contributed by atoms with Crippen molar-refractivity contribution < 1.29 is 9.53 Å². The number of halogens is 2. The Balaban J connectivity index is 1.79. The lowest BCUT2D eigenvalue weighted by molar-refractivity contribution is 0.0979. The van der Waals surface area contributed by atoms with Crippen molar-refractivity contribution in [3.05, 3.63) is 55.5 Å². The molecule has 0 saturated heterocycles. The van der Waals surface area contributed by atoms with Crippen LogP contribution in [0.25, 0.3) is 0 Å². The summed E-state index contributed by atoms with van der Waals surface area (Å²) in [6.45, 7) is 1.91. The van der Waals surface area contributed by atoms with E-state index in [0.717, 1.165) is 52.6 Å². The Morgan fingerprint density at radius 1 is 1.12 bits per heavy atom. The number of carbonyl (C=O) groups excluding carboxylic acids is 1. The molecule has 0 fully saturated rings. The van der Waals surface area contributed by atoms with E-state index in [1.807, 2.05) is 12.1 Å². The Labute approximate surface area is 164 Å². The molecule has 0 atom stereocenters. The Morgan fingerprint density at radius 2 is 1.96 bits per heavy atom. The zero-order chi connectivity index (χ0) is 17.6. The van der Waals surface area contributed by atoms with Gasteiger partial charge in [-0.2, -0.15) is 0 Å². The minimum Gasteiger partial charge on any atom is -0.497 e. The first kappa shape index (κ1) is 17.1. The van der Waals surface area contributed by atoms with E-state index in [9.17, 15) is 4.79 Å². The number of methoxy groups -OCH3 is 1. The van der Waals surface area contributed by atoms with Gasteiger partial charge in [-0.25, -0.2) is 0 Å². The van der Waals surface area contributed by atoms with Crippen molar-refractivity contribution in [3.63, 3.8) is 0 Å². The molecule has 2 aromatic rings. The van der Waals surface area contributed by atoms with Crippen LogP contribution < -0.4 is 9.64 Å². The molecule has 4 rings (SSSR count). The Bertz CT molecular complexity index is 863. The van der Waals surface area contributed by atoms with Crippen molar-refractivity contribution in [1.82, 2.24) is 0 Å².